The van der Waals surface area contributed by atoms with E-state index in [1.807, 2.05) is 0 Å². The van der Waals surface area contributed by atoms with E-state index in [-0.39, 0.29) is 5.69 Å². The minimum atomic E-state index is -2.50. The first-order valence-corrected chi connectivity index (χ1v) is 3.49. The molecule has 1 N–H and O–H groups in total. The van der Waals surface area contributed by atoms with Crippen LogP contribution in [0.5, 0.6) is 0 Å². The lowest BCUT2D eigenvalue weighted by Crippen LogP contribution is -1.88. The van der Waals surface area contributed by atoms with Crippen molar-refractivity contribution >= 4 is 11.0 Å². The molecule has 62 valence electrons. The van der Waals surface area contributed by atoms with Crippen LogP contribution in [0.3, 0.4) is 0 Å². The van der Waals surface area contributed by atoms with Gasteiger partial charge in [0.2, 0.25) is 0 Å². The van der Waals surface area contributed by atoms with Gasteiger partial charge in [-0.15, -0.1) is 0 Å². The summed E-state index contributed by atoms with van der Waals surface area (Å²) in [6.07, 6.45) is -0.822. The van der Waals surface area contributed by atoms with Crippen LogP contribution in [-0.4, -0.2) is 9.97 Å². The van der Waals surface area contributed by atoms with Gasteiger partial charge < -0.3 is 4.98 Å². The lowest BCUT2D eigenvalue weighted by atomic mass is 10.3. The van der Waals surface area contributed by atoms with Crippen molar-refractivity contribution in [3.05, 3.63) is 30.1 Å². The number of halogens is 2. The minimum Gasteiger partial charge on any atom is -0.360 e. The highest BCUT2D eigenvalue weighted by atomic mass is 19.3. The molecule has 12 heavy (non-hydrogen) atoms. The number of aromatic nitrogens is 2. The maximum atomic E-state index is 12.1. The number of pyridine rings is 1. The maximum absolute atomic E-state index is 12.1. The van der Waals surface area contributed by atoms with Crippen molar-refractivity contribution in [3.63, 3.8) is 0 Å². The zero-order valence-corrected chi connectivity index (χ0v) is 6.09. The van der Waals surface area contributed by atoms with Crippen LogP contribution in [0.15, 0.2) is 24.4 Å². The van der Waals surface area contributed by atoms with E-state index in [1.165, 1.54) is 6.07 Å². The van der Waals surface area contributed by atoms with Gasteiger partial charge in [0.05, 0.1) is 11.0 Å². The Balaban J connectivity index is 2.60. The van der Waals surface area contributed by atoms with E-state index in [9.17, 15) is 8.78 Å². The van der Waals surface area contributed by atoms with E-state index >= 15 is 0 Å². The fourth-order valence-corrected chi connectivity index (χ4v) is 1.07. The molecule has 0 amide bonds. The lowest BCUT2D eigenvalue weighted by molar-refractivity contribution is 0.146. The SMILES string of the molecule is FC(F)c1ccc2[nH]ccc2n1. The number of aromatic amines is 1. The number of nitrogens with one attached hydrogen (secondary N) is 1. The highest BCUT2D eigenvalue weighted by Crippen LogP contribution is 2.18. The first-order chi connectivity index (χ1) is 5.77. The number of fused-ring (bicyclic) bond motifs is 1. The molecule has 2 aromatic rings. The molecule has 0 atom stereocenters. The molecule has 0 bridgehead atoms. The summed E-state index contributed by atoms with van der Waals surface area (Å²) in [5.74, 6) is 0. The van der Waals surface area contributed by atoms with Gasteiger partial charge in [-0.05, 0) is 18.2 Å². The first-order valence-electron chi connectivity index (χ1n) is 3.49. The van der Waals surface area contributed by atoms with Crippen LogP contribution >= 0.6 is 0 Å². The number of hydrogen-bond donors (Lipinski definition) is 1. The largest absolute Gasteiger partial charge is 0.360 e. The first kappa shape index (κ1) is 7.21. The Kier molecular flexibility index (Phi) is 1.53. The van der Waals surface area contributed by atoms with Crippen molar-refractivity contribution in [2.75, 3.05) is 0 Å². The Hall–Kier alpha value is -1.45. The van der Waals surface area contributed by atoms with Crippen LogP contribution in [0.2, 0.25) is 0 Å². The molecule has 4 heteroatoms. The van der Waals surface area contributed by atoms with Crippen molar-refractivity contribution in [2.45, 2.75) is 6.43 Å². The number of nitrogens with zero attached hydrogens (tertiary/aromatic N) is 1. The van der Waals surface area contributed by atoms with Crippen molar-refractivity contribution in [1.82, 2.24) is 9.97 Å². The van der Waals surface area contributed by atoms with Gasteiger partial charge in [-0.3, -0.25) is 0 Å². The van der Waals surface area contributed by atoms with E-state index in [0.29, 0.717) is 5.52 Å². The fraction of sp³-hybridized carbons (Fsp3) is 0.125. The highest BCUT2D eigenvalue weighted by molar-refractivity contribution is 5.74. The second-order valence-corrected chi connectivity index (χ2v) is 2.45. The quantitative estimate of drug-likeness (QED) is 0.696. The van der Waals surface area contributed by atoms with Crippen LogP contribution in [0.4, 0.5) is 8.78 Å². The molecule has 2 nitrogen and oxygen atoms in total. The number of H-pyrrole nitrogens is 1. The van der Waals surface area contributed by atoms with Crippen LogP contribution in [0, 0.1) is 0 Å². The molecule has 2 aromatic heterocycles. The molecule has 0 aliphatic carbocycles. The van der Waals surface area contributed by atoms with Gasteiger partial charge in [0, 0.05) is 6.20 Å². The predicted molar refractivity (Wildman–Crippen MR) is 41.1 cm³/mol. The summed E-state index contributed by atoms with van der Waals surface area (Å²) in [5.41, 5.74) is 1.18. The Bertz CT molecular complexity index is 395. The van der Waals surface area contributed by atoms with E-state index in [1.54, 1.807) is 18.3 Å². The molecule has 0 saturated heterocycles. The average Bonchev–Trinajstić information content (AvgIpc) is 2.49. The van der Waals surface area contributed by atoms with E-state index in [0.717, 1.165) is 5.52 Å². The van der Waals surface area contributed by atoms with Crippen LogP contribution in [-0.2, 0) is 0 Å². The molecule has 0 spiro atoms. The molecular formula is C8H6F2N2. The molecule has 2 rings (SSSR count). The summed E-state index contributed by atoms with van der Waals surface area (Å²) in [7, 11) is 0. The summed E-state index contributed by atoms with van der Waals surface area (Å²) < 4.78 is 24.3. The topological polar surface area (TPSA) is 28.7 Å². The number of rotatable bonds is 1. The van der Waals surface area contributed by atoms with Crippen LogP contribution < -0.4 is 0 Å². The maximum Gasteiger partial charge on any atom is 0.280 e. The normalized spacial score (nSPS) is 11.2. The Morgan fingerprint density at radius 2 is 2.08 bits per heavy atom. The molecule has 0 aliphatic rings. The second kappa shape index (κ2) is 2.55. The molecule has 0 radical (unpaired) electrons. The lowest BCUT2D eigenvalue weighted by Gasteiger charge is -1.96. The molecule has 0 aromatic carbocycles. The third-order valence-electron chi connectivity index (χ3n) is 1.65. The summed E-state index contributed by atoms with van der Waals surface area (Å²) in [6, 6.07) is 4.59. The van der Waals surface area contributed by atoms with Gasteiger partial charge in [-0.1, -0.05) is 0 Å². The van der Waals surface area contributed by atoms with E-state index in [4.69, 9.17) is 0 Å². The van der Waals surface area contributed by atoms with Crippen molar-refractivity contribution < 1.29 is 8.78 Å². The van der Waals surface area contributed by atoms with Gasteiger partial charge in [0.25, 0.3) is 6.43 Å². The summed E-state index contributed by atoms with van der Waals surface area (Å²) >= 11 is 0. The van der Waals surface area contributed by atoms with Gasteiger partial charge in [-0.25, -0.2) is 13.8 Å². The van der Waals surface area contributed by atoms with E-state index in [2.05, 4.69) is 9.97 Å². The minimum absolute atomic E-state index is 0.179. The van der Waals surface area contributed by atoms with Gasteiger partial charge in [0.15, 0.2) is 0 Å². The summed E-state index contributed by atoms with van der Waals surface area (Å²) in [5, 5.41) is 0. The van der Waals surface area contributed by atoms with E-state index < -0.39 is 6.43 Å². The van der Waals surface area contributed by atoms with Gasteiger partial charge in [-0.2, -0.15) is 0 Å². The number of hydrogen-bond acceptors (Lipinski definition) is 1. The highest BCUT2D eigenvalue weighted by Gasteiger charge is 2.08. The Morgan fingerprint density at radius 1 is 1.25 bits per heavy atom. The van der Waals surface area contributed by atoms with Crippen LogP contribution in [0.25, 0.3) is 11.0 Å². The standard InChI is InChI=1S/C8H6F2N2/c9-8(10)7-2-1-5-6(12-7)3-4-11-5/h1-4,8,11H. The predicted octanol–water partition coefficient (Wildman–Crippen LogP) is 2.50. The molecule has 0 fully saturated rings. The summed E-state index contributed by atoms with van der Waals surface area (Å²) in [4.78, 5) is 6.63. The smallest absolute Gasteiger partial charge is 0.280 e. The fourth-order valence-electron chi connectivity index (χ4n) is 1.07. The third-order valence-corrected chi connectivity index (χ3v) is 1.65. The third kappa shape index (κ3) is 1.05. The molecule has 2 heterocycles. The molecule has 0 unspecified atom stereocenters. The zero-order valence-electron chi connectivity index (χ0n) is 6.09. The molecular weight excluding hydrogens is 162 g/mol. The Morgan fingerprint density at radius 3 is 2.83 bits per heavy atom. The van der Waals surface area contributed by atoms with Gasteiger partial charge >= 0.3 is 0 Å². The molecule has 0 aliphatic heterocycles. The Labute approximate surface area is 67.2 Å². The number of alkyl halides is 2. The summed E-state index contributed by atoms with van der Waals surface area (Å²) in [6.45, 7) is 0. The van der Waals surface area contributed by atoms with Crippen molar-refractivity contribution in [3.8, 4) is 0 Å². The molecule has 0 saturated carbocycles. The average molecular weight is 168 g/mol. The second-order valence-electron chi connectivity index (χ2n) is 2.45. The van der Waals surface area contributed by atoms with Crippen molar-refractivity contribution in [2.24, 2.45) is 0 Å². The van der Waals surface area contributed by atoms with Crippen LogP contribution in [0.1, 0.15) is 12.1 Å². The van der Waals surface area contributed by atoms with Crippen molar-refractivity contribution in [1.29, 1.82) is 0 Å². The zero-order chi connectivity index (χ0) is 8.55. The monoisotopic (exact) mass is 168 g/mol. The van der Waals surface area contributed by atoms with Gasteiger partial charge in [0.1, 0.15) is 5.69 Å².